The van der Waals surface area contributed by atoms with Gasteiger partial charge in [-0.25, -0.2) is 4.79 Å². The smallest absolute Gasteiger partial charge is 0.335 e. The highest BCUT2D eigenvalue weighted by molar-refractivity contribution is 5.96. The highest BCUT2D eigenvalue weighted by Gasteiger charge is 2.34. The second kappa shape index (κ2) is 6.43. The molecule has 2 unspecified atom stereocenters. The molecule has 1 aromatic carbocycles. The first-order valence-electron chi connectivity index (χ1n) is 8.03. The number of carbonyl (C=O) groups excluding carboxylic acids is 1. The number of hydrogen-bond donors (Lipinski definition) is 1. The monoisotopic (exact) mass is 324 g/mol. The van der Waals surface area contributed by atoms with Crippen LogP contribution in [-0.4, -0.2) is 39.5 Å². The van der Waals surface area contributed by atoms with E-state index in [2.05, 4.69) is 24.0 Å². The Morgan fingerprint density at radius 3 is 2.71 bits per heavy atom. The van der Waals surface area contributed by atoms with Gasteiger partial charge in [0.25, 0.3) is 5.91 Å². The van der Waals surface area contributed by atoms with Crippen molar-refractivity contribution in [2.24, 2.45) is 0 Å². The predicted octanol–water partition coefficient (Wildman–Crippen LogP) is 3.11. The number of aromatic carboxylic acids is 1. The normalized spacial score (nSPS) is 20.2. The molecule has 1 amide bonds. The molecule has 2 heterocycles. The second-order valence-electron chi connectivity index (χ2n) is 6.33. The maximum atomic E-state index is 12.8. The molecule has 1 saturated heterocycles. The number of likely N-dealkylation sites (tertiary alicyclic amines) is 1. The molecule has 124 valence electrons. The molecule has 2 aromatic rings. The zero-order chi connectivity index (χ0) is 17.3. The number of carboxylic acids is 1. The standard InChI is InChI=1S/C19H20N2O3/c1-12-5-3-4-6-16(12)15-9-13(2)21(11-15)18(22)17-10-14(19(23)24)7-8-20-17/h3-8,10,13,15H,9,11H2,1-2H3,(H,23,24). The first kappa shape index (κ1) is 16.2. The van der Waals surface area contributed by atoms with E-state index in [1.54, 1.807) is 4.90 Å². The molecular formula is C19H20N2O3. The fourth-order valence-electron chi connectivity index (χ4n) is 3.41. The summed E-state index contributed by atoms with van der Waals surface area (Å²) in [5.41, 5.74) is 2.77. The molecule has 0 spiro atoms. The molecule has 2 atom stereocenters. The van der Waals surface area contributed by atoms with Crippen molar-refractivity contribution in [3.05, 3.63) is 65.0 Å². The number of aromatic nitrogens is 1. The van der Waals surface area contributed by atoms with Crippen LogP contribution in [0.3, 0.4) is 0 Å². The third-order valence-electron chi connectivity index (χ3n) is 4.69. The van der Waals surface area contributed by atoms with E-state index in [4.69, 9.17) is 5.11 Å². The first-order chi connectivity index (χ1) is 11.5. The van der Waals surface area contributed by atoms with Gasteiger partial charge in [-0.3, -0.25) is 9.78 Å². The van der Waals surface area contributed by atoms with Crippen LogP contribution >= 0.6 is 0 Å². The van der Waals surface area contributed by atoms with Crippen LogP contribution in [0, 0.1) is 6.92 Å². The minimum absolute atomic E-state index is 0.0793. The Hall–Kier alpha value is -2.69. The maximum Gasteiger partial charge on any atom is 0.335 e. The van der Waals surface area contributed by atoms with Crippen molar-refractivity contribution < 1.29 is 14.7 Å². The molecule has 0 bridgehead atoms. The number of amides is 1. The van der Waals surface area contributed by atoms with Crippen LogP contribution in [0.5, 0.6) is 0 Å². The zero-order valence-electron chi connectivity index (χ0n) is 13.8. The Balaban J connectivity index is 1.83. The van der Waals surface area contributed by atoms with Gasteiger partial charge in [-0.2, -0.15) is 0 Å². The quantitative estimate of drug-likeness (QED) is 0.942. The van der Waals surface area contributed by atoms with Crippen molar-refractivity contribution in [3.63, 3.8) is 0 Å². The van der Waals surface area contributed by atoms with Gasteiger partial charge in [0.2, 0.25) is 0 Å². The Morgan fingerprint density at radius 2 is 2.00 bits per heavy atom. The van der Waals surface area contributed by atoms with Crippen LogP contribution in [0.1, 0.15) is 51.2 Å². The molecule has 1 aliphatic rings. The van der Waals surface area contributed by atoms with E-state index in [0.29, 0.717) is 12.5 Å². The van der Waals surface area contributed by atoms with Gasteiger partial charge in [0, 0.05) is 24.7 Å². The highest BCUT2D eigenvalue weighted by Crippen LogP contribution is 2.33. The summed E-state index contributed by atoms with van der Waals surface area (Å²) in [6, 6.07) is 11.1. The summed E-state index contributed by atoms with van der Waals surface area (Å²) in [7, 11) is 0. The average Bonchev–Trinajstić information content (AvgIpc) is 2.96. The highest BCUT2D eigenvalue weighted by atomic mass is 16.4. The Kier molecular flexibility index (Phi) is 4.34. The maximum absolute atomic E-state index is 12.8. The predicted molar refractivity (Wildman–Crippen MR) is 90.2 cm³/mol. The van der Waals surface area contributed by atoms with Crippen LogP contribution in [-0.2, 0) is 0 Å². The lowest BCUT2D eigenvalue weighted by atomic mass is 9.93. The lowest BCUT2D eigenvalue weighted by Crippen LogP contribution is -2.34. The minimum Gasteiger partial charge on any atom is -0.478 e. The van der Waals surface area contributed by atoms with E-state index in [0.717, 1.165) is 6.42 Å². The lowest BCUT2D eigenvalue weighted by Gasteiger charge is -2.21. The van der Waals surface area contributed by atoms with Crippen molar-refractivity contribution in [2.75, 3.05) is 6.54 Å². The van der Waals surface area contributed by atoms with Crippen molar-refractivity contribution >= 4 is 11.9 Å². The van der Waals surface area contributed by atoms with Gasteiger partial charge < -0.3 is 10.0 Å². The van der Waals surface area contributed by atoms with Crippen molar-refractivity contribution in [3.8, 4) is 0 Å². The number of pyridine rings is 1. The molecule has 0 radical (unpaired) electrons. The van der Waals surface area contributed by atoms with E-state index in [-0.39, 0.29) is 23.2 Å². The molecule has 24 heavy (non-hydrogen) atoms. The van der Waals surface area contributed by atoms with E-state index in [1.165, 1.54) is 29.5 Å². The number of benzene rings is 1. The fourth-order valence-corrected chi connectivity index (χ4v) is 3.41. The zero-order valence-corrected chi connectivity index (χ0v) is 13.8. The van der Waals surface area contributed by atoms with Gasteiger partial charge in [0.05, 0.1) is 5.56 Å². The van der Waals surface area contributed by atoms with Crippen LogP contribution in [0.25, 0.3) is 0 Å². The fraction of sp³-hybridized carbons (Fsp3) is 0.316. The summed E-state index contributed by atoms with van der Waals surface area (Å²) in [4.78, 5) is 29.7. The van der Waals surface area contributed by atoms with Crippen LogP contribution < -0.4 is 0 Å². The number of carboxylic acid groups (broad SMARTS) is 1. The number of aryl methyl sites for hydroxylation is 1. The molecule has 1 aromatic heterocycles. The molecule has 5 heteroatoms. The third-order valence-corrected chi connectivity index (χ3v) is 4.69. The number of hydrogen-bond acceptors (Lipinski definition) is 3. The summed E-state index contributed by atoms with van der Waals surface area (Å²) in [6.45, 7) is 4.74. The molecular weight excluding hydrogens is 304 g/mol. The topological polar surface area (TPSA) is 70.5 Å². The van der Waals surface area contributed by atoms with Gasteiger partial charge in [-0.1, -0.05) is 24.3 Å². The van der Waals surface area contributed by atoms with Gasteiger partial charge in [-0.05, 0) is 43.5 Å². The van der Waals surface area contributed by atoms with Crippen molar-refractivity contribution in [1.82, 2.24) is 9.88 Å². The molecule has 0 saturated carbocycles. The van der Waals surface area contributed by atoms with Crippen molar-refractivity contribution in [1.29, 1.82) is 0 Å². The second-order valence-corrected chi connectivity index (χ2v) is 6.33. The summed E-state index contributed by atoms with van der Waals surface area (Å²) in [6.07, 6.45) is 2.27. The summed E-state index contributed by atoms with van der Waals surface area (Å²) < 4.78 is 0. The molecule has 1 fully saturated rings. The van der Waals surface area contributed by atoms with Crippen LogP contribution in [0.15, 0.2) is 42.6 Å². The van der Waals surface area contributed by atoms with E-state index >= 15 is 0 Å². The summed E-state index contributed by atoms with van der Waals surface area (Å²) in [5.74, 6) is -0.965. The summed E-state index contributed by atoms with van der Waals surface area (Å²) >= 11 is 0. The number of carbonyl (C=O) groups is 2. The number of nitrogens with zero attached hydrogens (tertiary/aromatic N) is 2. The van der Waals surface area contributed by atoms with Gasteiger partial charge in [0.1, 0.15) is 5.69 Å². The van der Waals surface area contributed by atoms with Gasteiger partial charge in [0.15, 0.2) is 0 Å². The minimum atomic E-state index is -1.06. The van der Waals surface area contributed by atoms with Crippen molar-refractivity contribution in [2.45, 2.75) is 32.2 Å². The Bertz CT molecular complexity index is 788. The van der Waals surface area contributed by atoms with E-state index in [1.807, 2.05) is 19.1 Å². The van der Waals surface area contributed by atoms with Crippen LogP contribution in [0.2, 0.25) is 0 Å². The Morgan fingerprint density at radius 1 is 1.25 bits per heavy atom. The van der Waals surface area contributed by atoms with Gasteiger partial charge in [-0.15, -0.1) is 0 Å². The number of rotatable bonds is 3. The van der Waals surface area contributed by atoms with Crippen LogP contribution in [0.4, 0.5) is 0 Å². The largest absolute Gasteiger partial charge is 0.478 e. The SMILES string of the molecule is Cc1ccccc1C1CC(C)N(C(=O)c2cc(C(=O)O)ccn2)C1. The molecule has 3 rings (SSSR count). The lowest BCUT2D eigenvalue weighted by molar-refractivity contribution is 0.0696. The van der Waals surface area contributed by atoms with E-state index in [9.17, 15) is 9.59 Å². The first-order valence-corrected chi connectivity index (χ1v) is 8.03. The molecule has 0 aliphatic carbocycles. The van der Waals surface area contributed by atoms with Gasteiger partial charge >= 0.3 is 5.97 Å². The third kappa shape index (κ3) is 3.02. The molecule has 1 aliphatic heterocycles. The Labute approximate surface area is 140 Å². The summed E-state index contributed by atoms with van der Waals surface area (Å²) in [5, 5.41) is 9.08. The molecule has 1 N–H and O–H groups in total. The molecule has 5 nitrogen and oxygen atoms in total. The van der Waals surface area contributed by atoms with E-state index < -0.39 is 5.97 Å². The average molecular weight is 324 g/mol.